The van der Waals surface area contributed by atoms with Crippen molar-refractivity contribution in [3.05, 3.63) is 69.8 Å². The van der Waals surface area contributed by atoms with E-state index in [4.69, 9.17) is 0 Å². The summed E-state index contributed by atoms with van der Waals surface area (Å²) in [5, 5.41) is 0.761. The fourth-order valence-corrected chi connectivity index (χ4v) is 6.18. The van der Waals surface area contributed by atoms with Gasteiger partial charge < -0.3 is 0 Å². The van der Waals surface area contributed by atoms with Gasteiger partial charge in [-0.25, -0.2) is 0 Å². The van der Waals surface area contributed by atoms with E-state index in [1.54, 1.807) is 0 Å². The van der Waals surface area contributed by atoms with Crippen LogP contribution in [-0.4, -0.2) is 22.2 Å². The molecule has 0 aliphatic heterocycles. The Hall–Kier alpha value is -1.26. The van der Waals surface area contributed by atoms with E-state index in [0.29, 0.717) is 28.4 Å². The molecule has 0 N–H and O–H groups in total. The summed E-state index contributed by atoms with van der Waals surface area (Å²) in [7, 11) is 0. The number of fused-ring (bicyclic) bond motifs is 2. The molecule has 3 atom stereocenters. The number of ketones is 2. The standard InChI is InChI=1S/C27H30Br2O2/c1-17-5-6-20(23-12-11-22(13-24(17)23)27(31)16-29)8-7-18-3-2-4-19-9-10-21(14-25(18)19)26(30)15-28/h9-14,17-18,20H,2-8,15-16H2,1H3. The van der Waals surface area contributed by atoms with Crippen molar-refractivity contribution in [2.75, 3.05) is 10.7 Å². The third-order valence-electron chi connectivity index (χ3n) is 7.34. The normalized spacial score (nSPS) is 22.5. The van der Waals surface area contributed by atoms with E-state index in [1.165, 1.54) is 60.8 Å². The molecule has 0 radical (unpaired) electrons. The van der Waals surface area contributed by atoms with Crippen molar-refractivity contribution in [2.24, 2.45) is 0 Å². The van der Waals surface area contributed by atoms with Crippen LogP contribution in [0.4, 0.5) is 0 Å². The van der Waals surface area contributed by atoms with Gasteiger partial charge in [-0.05, 0) is 97.1 Å². The average Bonchev–Trinajstić information content (AvgIpc) is 2.82. The minimum atomic E-state index is 0.157. The van der Waals surface area contributed by atoms with Crippen LogP contribution < -0.4 is 0 Å². The zero-order chi connectivity index (χ0) is 22.0. The molecule has 0 saturated heterocycles. The Morgan fingerprint density at radius 3 is 2.10 bits per heavy atom. The molecule has 2 nitrogen and oxygen atoms in total. The molecular formula is C27H30Br2O2. The molecule has 4 heteroatoms. The number of benzene rings is 2. The summed E-state index contributed by atoms with van der Waals surface area (Å²) >= 11 is 6.61. The molecule has 0 spiro atoms. The van der Waals surface area contributed by atoms with Crippen molar-refractivity contribution in [1.29, 1.82) is 0 Å². The second kappa shape index (κ2) is 10.1. The van der Waals surface area contributed by atoms with Crippen molar-refractivity contribution in [1.82, 2.24) is 0 Å². The van der Waals surface area contributed by atoms with E-state index in [1.807, 2.05) is 12.1 Å². The summed E-state index contributed by atoms with van der Waals surface area (Å²) in [6.07, 6.45) is 8.33. The van der Waals surface area contributed by atoms with Gasteiger partial charge in [0.25, 0.3) is 0 Å². The number of hydrogen-bond donors (Lipinski definition) is 0. The van der Waals surface area contributed by atoms with E-state index >= 15 is 0 Å². The zero-order valence-corrected chi connectivity index (χ0v) is 21.3. The van der Waals surface area contributed by atoms with Gasteiger partial charge in [-0.1, -0.05) is 63.0 Å². The summed E-state index contributed by atoms with van der Waals surface area (Å²) in [6.45, 7) is 2.29. The molecule has 0 amide bonds. The first-order valence-corrected chi connectivity index (χ1v) is 13.7. The number of carbonyl (C=O) groups excluding carboxylic acids is 2. The molecule has 3 unspecified atom stereocenters. The van der Waals surface area contributed by atoms with Crippen LogP contribution in [0.2, 0.25) is 0 Å². The fraction of sp³-hybridized carbons (Fsp3) is 0.481. The quantitative estimate of drug-likeness (QED) is 0.263. The van der Waals surface area contributed by atoms with Crippen molar-refractivity contribution < 1.29 is 9.59 Å². The highest BCUT2D eigenvalue weighted by Gasteiger charge is 2.28. The molecule has 2 aromatic rings. The van der Waals surface area contributed by atoms with Crippen LogP contribution in [0.15, 0.2) is 36.4 Å². The van der Waals surface area contributed by atoms with Crippen molar-refractivity contribution in [3.63, 3.8) is 0 Å². The predicted octanol–water partition coefficient (Wildman–Crippen LogP) is 7.72. The first kappa shape index (κ1) is 22.9. The average molecular weight is 546 g/mol. The topological polar surface area (TPSA) is 34.1 Å². The SMILES string of the molecule is CC1CCC(CCC2CCCc3ccc(C(=O)CBr)cc32)c2ccc(C(=O)CBr)cc21. The second-order valence-corrected chi connectivity index (χ2v) is 10.3. The monoisotopic (exact) mass is 544 g/mol. The minimum absolute atomic E-state index is 0.157. The Balaban J connectivity index is 1.53. The van der Waals surface area contributed by atoms with Crippen LogP contribution in [0, 0.1) is 0 Å². The maximum atomic E-state index is 12.2. The Morgan fingerprint density at radius 1 is 0.806 bits per heavy atom. The second-order valence-electron chi connectivity index (χ2n) is 9.21. The number of carbonyl (C=O) groups is 2. The van der Waals surface area contributed by atoms with E-state index < -0.39 is 0 Å². The smallest absolute Gasteiger partial charge is 0.173 e. The molecule has 2 aromatic carbocycles. The van der Waals surface area contributed by atoms with Crippen LogP contribution in [0.1, 0.15) is 106 Å². The molecule has 2 aliphatic carbocycles. The lowest BCUT2D eigenvalue weighted by Gasteiger charge is -2.32. The Kier molecular flexibility index (Phi) is 7.48. The van der Waals surface area contributed by atoms with Crippen LogP contribution >= 0.6 is 31.9 Å². The highest BCUT2D eigenvalue weighted by atomic mass is 79.9. The van der Waals surface area contributed by atoms with E-state index in [-0.39, 0.29) is 11.6 Å². The lowest BCUT2D eigenvalue weighted by Crippen LogP contribution is -2.17. The number of alkyl halides is 2. The summed E-state index contributed by atoms with van der Waals surface area (Å²) < 4.78 is 0. The van der Waals surface area contributed by atoms with Crippen LogP contribution in [0.25, 0.3) is 0 Å². The van der Waals surface area contributed by atoms with E-state index in [9.17, 15) is 9.59 Å². The lowest BCUT2D eigenvalue weighted by atomic mass is 9.72. The van der Waals surface area contributed by atoms with Gasteiger partial charge in [0.15, 0.2) is 11.6 Å². The van der Waals surface area contributed by atoms with Crippen LogP contribution in [0.5, 0.6) is 0 Å². The lowest BCUT2D eigenvalue weighted by molar-refractivity contribution is 0.101. The van der Waals surface area contributed by atoms with Gasteiger partial charge in [0.05, 0.1) is 10.7 Å². The molecule has 164 valence electrons. The highest BCUT2D eigenvalue weighted by molar-refractivity contribution is 9.09. The van der Waals surface area contributed by atoms with Gasteiger partial charge in [0.1, 0.15) is 0 Å². The summed E-state index contributed by atoms with van der Waals surface area (Å²) in [5.41, 5.74) is 7.32. The van der Waals surface area contributed by atoms with Crippen LogP contribution in [0.3, 0.4) is 0 Å². The zero-order valence-electron chi connectivity index (χ0n) is 18.1. The predicted molar refractivity (Wildman–Crippen MR) is 134 cm³/mol. The molecule has 31 heavy (non-hydrogen) atoms. The fourth-order valence-electron chi connectivity index (χ4n) is 5.54. The minimum Gasteiger partial charge on any atom is -0.293 e. The molecule has 0 aromatic heterocycles. The third-order valence-corrected chi connectivity index (χ3v) is 8.36. The molecule has 4 rings (SSSR count). The van der Waals surface area contributed by atoms with Gasteiger partial charge in [-0.15, -0.1) is 0 Å². The molecule has 0 saturated carbocycles. The largest absolute Gasteiger partial charge is 0.293 e. The van der Waals surface area contributed by atoms with Crippen molar-refractivity contribution >= 4 is 43.4 Å². The summed E-state index contributed by atoms with van der Waals surface area (Å²) in [6, 6.07) is 12.7. The number of halogens is 2. The van der Waals surface area contributed by atoms with E-state index in [2.05, 4.69) is 63.0 Å². The Bertz CT molecular complexity index is 981. The molecule has 0 fully saturated rings. The molecule has 0 bridgehead atoms. The first-order chi connectivity index (χ1) is 15.0. The number of hydrogen-bond acceptors (Lipinski definition) is 2. The number of aryl methyl sites for hydroxylation is 1. The first-order valence-electron chi connectivity index (χ1n) is 11.5. The number of rotatable bonds is 7. The summed E-state index contributed by atoms with van der Waals surface area (Å²) in [4.78, 5) is 24.4. The maximum Gasteiger partial charge on any atom is 0.173 e. The highest BCUT2D eigenvalue weighted by Crippen LogP contribution is 2.44. The van der Waals surface area contributed by atoms with Gasteiger partial charge in [-0.3, -0.25) is 9.59 Å². The summed E-state index contributed by atoms with van der Waals surface area (Å²) in [5.74, 6) is 1.95. The third kappa shape index (κ3) is 4.90. The molecule has 0 heterocycles. The van der Waals surface area contributed by atoms with Gasteiger partial charge in [0, 0.05) is 11.1 Å². The molecular weight excluding hydrogens is 516 g/mol. The Labute approximate surface area is 202 Å². The van der Waals surface area contributed by atoms with Crippen molar-refractivity contribution in [2.45, 2.75) is 69.6 Å². The van der Waals surface area contributed by atoms with Gasteiger partial charge >= 0.3 is 0 Å². The van der Waals surface area contributed by atoms with Crippen LogP contribution in [-0.2, 0) is 6.42 Å². The van der Waals surface area contributed by atoms with Gasteiger partial charge in [-0.2, -0.15) is 0 Å². The number of Topliss-reactive ketones (excluding diaryl/α,β-unsaturated/α-hetero) is 2. The van der Waals surface area contributed by atoms with Crippen molar-refractivity contribution in [3.8, 4) is 0 Å². The Morgan fingerprint density at radius 2 is 1.42 bits per heavy atom. The van der Waals surface area contributed by atoms with E-state index in [0.717, 1.165) is 17.5 Å². The maximum absolute atomic E-state index is 12.2. The molecule has 2 aliphatic rings. The van der Waals surface area contributed by atoms with Gasteiger partial charge in [0.2, 0.25) is 0 Å².